The number of aliphatic hydroxyl groups is 2. The Morgan fingerprint density at radius 1 is 0.842 bits per heavy atom. The summed E-state index contributed by atoms with van der Waals surface area (Å²) in [6, 6.07) is 15.9. The Kier molecular flexibility index (Phi) is 2.06. The van der Waals surface area contributed by atoms with Crippen LogP contribution < -0.4 is 0 Å². The topological polar surface area (TPSA) is 40.5 Å². The zero-order chi connectivity index (χ0) is 13.0. The van der Waals surface area contributed by atoms with Crippen molar-refractivity contribution in [3.05, 3.63) is 76.4 Å². The maximum absolute atomic E-state index is 10.3. The fourth-order valence-electron chi connectivity index (χ4n) is 3.36. The van der Waals surface area contributed by atoms with Crippen LogP contribution in [0.3, 0.4) is 0 Å². The van der Waals surface area contributed by atoms with E-state index in [0.717, 1.165) is 17.6 Å². The SMILES string of the molecule is OC1(O)CC2=C(c3ccccc3C2)c2ccccc21. The van der Waals surface area contributed by atoms with Gasteiger partial charge in [-0.25, -0.2) is 0 Å². The van der Waals surface area contributed by atoms with Crippen LogP contribution in [-0.4, -0.2) is 10.2 Å². The van der Waals surface area contributed by atoms with Gasteiger partial charge in [0, 0.05) is 12.0 Å². The lowest BCUT2D eigenvalue weighted by Crippen LogP contribution is -2.30. The lowest BCUT2D eigenvalue weighted by molar-refractivity contribution is -0.169. The molecule has 0 heterocycles. The molecule has 0 fully saturated rings. The van der Waals surface area contributed by atoms with Gasteiger partial charge < -0.3 is 10.2 Å². The first-order valence-electron chi connectivity index (χ1n) is 6.52. The van der Waals surface area contributed by atoms with Gasteiger partial charge in [0.25, 0.3) is 0 Å². The van der Waals surface area contributed by atoms with E-state index < -0.39 is 5.79 Å². The number of hydrogen-bond acceptors (Lipinski definition) is 2. The van der Waals surface area contributed by atoms with E-state index in [1.165, 1.54) is 16.7 Å². The van der Waals surface area contributed by atoms with Crippen LogP contribution in [0.5, 0.6) is 0 Å². The van der Waals surface area contributed by atoms with Gasteiger partial charge >= 0.3 is 0 Å². The summed E-state index contributed by atoms with van der Waals surface area (Å²) in [5, 5.41) is 20.5. The first-order chi connectivity index (χ1) is 9.17. The van der Waals surface area contributed by atoms with Crippen LogP contribution in [-0.2, 0) is 12.2 Å². The Bertz CT molecular complexity index is 711. The molecule has 2 nitrogen and oxygen atoms in total. The van der Waals surface area contributed by atoms with Crippen molar-refractivity contribution in [3.8, 4) is 0 Å². The highest BCUT2D eigenvalue weighted by molar-refractivity contribution is 5.90. The van der Waals surface area contributed by atoms with Crippen molar-refractivity contribution in [1.82, 2.24) is 0 Å². The maximum atomic E-state index is 10.3. The minimum absolute atomic E-state index is 0.300. The molecule has 2 heteroatoms. The molecule has 0 amide bonds. The van der Waals surface area contributed by atoms with Crippen molar-refractivity contribution in [2.45, 2.75) is 18.6 Å². The largest absolute Gasteiger partial charge is 0.362 e. The van der Waals surface area contributed by atoms with Gasteiger partial charge in [-0.2, -0.15) is 0 Å². The Hall–Kier alpha value is -1.90. The Morgan fingerprint density at radius 2 is 1.53 bits per heavy atom. The summed E-state index contributed by atoms with van der Waals surface area (Å²) in [4.78, 5) is 0. The maximum Gasteiger partial charge on any atom is 0.194 e. The van der Waals surface area contributed by atoms with Crippen molar-refractivity contribution in [3.63, 3.8) is 0 Å². The van der Waals surface area contributed by atoms with Crippen molar-refractivity contribution in [2.24, 2.45) is 0 Å². The molecule has 2 aliphatic carbocycles. The monoisotopic (exact) mass is 250 g/mol. The van der Waals surface area contributed by atoms with E-state index in [-0.39, 0.29) is 0 Å². The molecule has 0 aliphatic heterocycles. The molecule has 2 aliphatic rings. The number of hydrogen-bond donors (Lipinski definition) is 2. The van der Waals surface area contributed by atoms with Crippen molar-refractivity contribution >= 4 is 5.57 Å². The molecular weight excluding hydrogens is 236 g/mol. The lowest BCUT2D eigenvalue weighted by Gasteiger charge is -2.31. The van der Waals surface area contributed by atoms with E-state index >= 15 is 0 Å². The van der Waals surface area contributed by atoms with Crippen LogP contribution in [0, 0.1) is 0 Å². The minimum atomic E-state index is -1.74. The molecular formula is C17H14O2. The van der Waals surface area contributed by atoms with Gasteiger partial charge in [-0.3, -0.25) is 0 Å². The molecule has 19 heavy (non-hydrogen) atoms. The molecule has 0 saturated heterocycles. The van der Waals surface area contributed by atoms with Crippen LogP contribution in [0.1, 0.15) is 28.7 Å². The van der Waals surface area contributed by atoms with Gasteiger partial charge in [0.05, 0.1) is 0 Å². The third kappa shape index (κ3) is 1.44. The average molecular weight is 250 g/mol. The first-order valence-corrected chi connectivity index (χ1v) is 6.52. The van der Waals surface area contributed by atoms with Crippen LogP contribution in [0.2, 0.25) is 0 Å². The number of fused-ring (bicyclic) bond motifs is 4. The molecule has 2 aromatic rings. The van der Waals surface area contributed by atoms with Crippen LogP contribution in [0.25, 0.3) is 5.57 Å². The summed E-state index contributed by atoms with van der Waals surface area (Å²) in [5.74, 6) is -1.74. The fraction of sp³-hybridized carbons (Fsp3) is 0.176. The number of rotatable bonds is 0. The van der Waals surface area contributed by atoms with Crippen molar-refractivity contribution in [2.75, 3.05) is 0 Å². The van der Waals surface area contributed by atoms with Gasteiger partial charge in [0.1, 0.15) is 0 Å². The standard InChI is InChI=1S/C17H14O2/c18-17(19)10-12-9-11-5-1-2-6-13(11)16(12)14-7-3-4-8-15(14)17/h1-8,18-19H,9-10H2. The molecule has 0 aromatic heterocycles. The summed E-state index contributed by atoms with van der Waals surface area (Å²) in [5.41, 5.74) is 6.42. The second-order valence-corrected chi connectivity index (χ2v) is 5.35. The second kappa shape index (κ2) is 3.56. The highest BCUT2D eigenvalue weighted by Crippen LogP contribution is 2.48. The minimum Gasteiger partial charge on any atom is -0.362 e. The van der Waals surface area contributed by atoms with Crippen LogP contribution >= 0.6 is 0 Å². The van der Waals surface area contributed by atoms with Gasteiger partial charge in [0.15, 0.2) is 5.79 Å². The first kappa shape index (κ1) is 11.0. The zero-order valence-corrected chi connectivity index (χ0v) is 10.4. The molecule has 0 spiro atoms. The molecule has 0 unspecified atom stereocenters. The van der Waals surface area contributed by atoms with Gasteiger partial charge in [-0.05, 0) is 28.7 Å². The van der Waals surface area contributed by atoms with Gasteiger partial charge in [-0.15, -0.1) is 0 Å². The summed E-state index contributed by atoms with van der Waals surface area (Å²) < 4.78 is 0. The quantitative estimate of drug-likeness (QED) is 0.705. The molecule has 0 atom stereocenters. The van der Waals surface area contributed by atoms with E-state index in [9.17, 15) is 10.2 Å². The van der Waals surface area contributed by atoms with Crippen molar-refractivity contribution in [1.29, 1.82) is 0 Å². The van der Waals surface area contributed by atoms with E-state index in [4.69, 9.17) is 0 Å². The molecule has 0 saturated carbocycles. The highest BCUT2D eigenvalue weighted by atomic mass is 16.5. The Balaban J connectivity index is 2.01. The summed E-state index contributed by atoms with van der Waals surface area (Å²) in [6.45, 7) is 0. The van der Waals surface area contributed by atoms with Crippen LogP contribution in [0.15, 0.2) is 54.1 Å². The molecule has 0 bridgehead atoms. The lowest BCUT2D eigenvalue weighted by atomic mass is 9.82. The Labute approximate surface area is 111 Å². The smallest absolute Gasteiger partial charge is 0.194 e. The average Bonchev–Trinajstić information content (AvgIpc) is 2.76. The zero-order valence-electron chi connectivity index (χ0n) is 10.4. The van der Waals surface area contributed by atoms with E-state index in [1.807, 2.05) is 30.3 Å². The predicted octanol–water partition coefficient (Wildman–Crippen LogP) is 2.59. The third-order valence-corrected chi connectivity index (χ3v) is 4.13. The molecule has 4 rings (SSSR count). The highest BCUT2D eigenvalue weighted by Gasteiger charge is 2.39. The van der Waals surface area contributed by atoms with E-state index in [2.05, 4.69) is 12.1 Å². The molecule has 94 valence electrons. The van der Waals surface area contributed by atoms with Gasteiger partial charge in [-0.1, -0.05) is 54.1 Å². The normalized spacial score (nSPS) is 18.8. The molecule has 0 radical (unpaired) electrons. The third-order valence-electron chi connectivity index (χ3n) is 4.13. The Morgan fingerprint density at radius 3 is 2.37 bits per heavy atom. The summed E-state index contributed by atoms with van der Waals surface area (Å²) in [6.07, 6.45) is 1.12. The van der Waals surface area contributed by atoms with E-state index in [1.54, 1.807) is 6.07 Å². The summed E-state index contributed by atoms with van der Waals surface area (Å²) in [7, 11) is 0. The number of benzene rings is 2. The molecule has 2 N–H and O–H groups in total. The van der Waals surface area contributed by atoms with Crippen molar-refractivity contribution < 1.29 is 10.2 Å². The molecule has 2 aromatic carbocycles. The predicted molar refractivity (Wildman–Crippen MR) is 73.3 cm³/mol. The summed E-state index contributed by atoms with van der Waals surface area (Å²) >= 11 is 0. The van der Waals surface area contributed by atoms with Gasteiger partial charge in [0.2, 0.25) is 0 Å². The second-order valence-electron chi connectivity index (χ2n) is 5.35. The van der Waals surface area contributed by atoms with E-state index in [0.29, 0.717) is 12.0 Å². The van der Waals surface area contributed by atoms with Crippen LogP contribution in [0.4, 0.5) is 0 Å². The fourth-order valence-corrected chi connectivity index (χ4v) is 3.36.